The number of hydrogen-bond acceptors (Lipinski definition) is 4. The van der Waals surface area contributed by atoms with Crippen LogP contribution in [0.2, 0.25) is 0 Å². The van der Waals surface area contributed by atoms with Crippen molar-refractivity contribution in [1.82, 2.24) is 15.1 Å². The highest BCUT2D eigenvalue weighted by Crippen LogP contribution is 2.19. The number of piperazine rings is 1. The third kappa shape index (κ3) is 5.66. The van der Waals surface area contributed by atoms with E-state index in [0.29, 0.717) is 32.2 Å². The quantitative estimate of drug-likeness (QED) is 0.728. The van der Waals surface area contributed by atoms with Gasteiger partial charge in [0, 0.05) is 50.9 Å². The molecule has 7 heteroatoms. The van der Waals surface area contributed by atoms with Crippen LogP contribution in [0.3, 0.4) is 0 Å². The zero-order chi connectivity index (χ0) is 20.1. The minimum absolute atomic E-state index is 0.0272. The van der Waals surface area contributed by atoms with E-state index in [4.69, 9.17) is 0 Å². The Hall–Kier alpha value is -2.67. The first kappa shape index (κ1) is 20.1. The molecule has 28 heavy (non-hydrogen) atoms. The van der Waals surface area contributed by atoms with Crippen molar-refractivity contribution in [3.05, 3.63) is 35.9 Å². The Morgan fingerprint density at radius 3 is 2.29 bits per heavy atom. The van der Waals surface area contributed by atoms with Gasteiger partial charge in [-0.3, -0.25) is 19.3 Å². The highest BCUT2D eigenvalue weighted by atomic mass is 16.2. The van der Waals surface area contributed by atoms with Gasteiger partial charge in [0.2, 0.25) is 17.7 Å². The van der Waals surface area contributed by atoms with Gasteiger partial charge in [0.15, 0.2) is 0 Å². The number of rotatable bonds is 6. The predicted octanol–water partition coefficient (Wildman–Crippen LogP) is 1.47. The Kier molecular flexibility index (Phi) is 6.46. The molecule has 0 spiro atoms. The molecule has 2 aliphatic rings. The lowest BCUT2D eigenvalue weighted by atomic mass is 10.1. The van der Waals surface area contributed by atoms with Crippen LogP contribution in [-0.2, 0) is 14.4 Å². The summed E-state index contributed by atoms with van der Waals surface area (Å²) in [5, 5.41) is 5.75. The van der Waals surface area contributed by atoms with E-state index in [1.165, 1.54) is 6.92 Å². The van der Waals surface area contributed by atoms with E-state index in [1.807, 2.05) is 24.0 Å². The molecule has 1 saturated carbocycles. The fraction of sp³-hybridized carbons (Fsp3) is 0.476. The standard InChI is InChI=1S/C21H28N4O3/c1-15(21(28)23-19-8-9-19)24-11-13-25(14-12-24)20(27)10-5-17-3-6-18(7-4-17)22-16(2)26/h3-7,10,15,19H,8-9,11-14H2,1-2H3,(H,22,26)(H,23,28)/b10-5+. The minimum Gasteiger partial charge on any atom is -0.352 e. The maximum Gasteiger partial charge on any atom is 0.246 e. The molecule has 3 rings (SSSR count). The maximum absolute atomic E-state index is 12.4. The van der Waals surface area contributed by atoms with Gasteiger partial charge in [-0.05, 0) is 43.5 Å². The Morgan fingerprint density at radius 1 is 1.07 bits per heavy atom. The normalized spacial score (nSPS) is 18.7. The van der Waals surface area contributed by atoms with Gasteiger partial charge in [-0.25, -0.2) is 0 Å². The number of hydrogen-bond donors (Lipinski definition) is 2. The predicted molar refractivity (Wildman–Crippen MR) is 109 cm³/mol. The Balaban J connectivity index is 1.46. The van der Waals surface area contributed by atoms with Crippen molar-refractivity contribution in [2.24, 2.45) is 0 Å². The lowest BCUT2D eigenvalue weighted by Gasteiger charge is -2.37. The topological polar surface area (TPSA) is 81.8 Å². The van der Waals surface area contributed by atoms with E-state index in [2.05, 4.69) is 15.5 Å². The third-order valence-electron chi connectivity index (χ3n) is 5.13. The number of anilines is 1. The Bertz CT molecular complexity index is 747. The minimum atomic E-state index is -0.157. The van der Waals surface area contributed by atoms with E-state index in [1.54, 1.807) is 24.3 Å². The molecule has 1 unspecified atom stereocenters. The molecule has 1 aromatic rings. The van der Waals surface area contributed by atoms with Crippen molar-refractivity contribution in [3.8, 4) is 0 Å². The molecule has 7 nitrogen and oxygen atoms in total. The van der Waals surface area contributed by atoms with Gasteiger partial charge in [0.05, 0.1) is 6.04 Å². The first-order valence-corrected chi connectivity index (χ1v) is 9.81. The van der Waals surface area contributed by atoms with Crippen molar-refractivity contribution in [2.75, 3.05) is 31.5 Å². The van der Waals surface area contributed by atoms with Crippen molar-refractivity contribution in [2.45, 2.75) is 38.8 Å². The zero-order valence-electron chi connectivity index (χ0n) is 16.5. The molecule has 1 aromatic carbocycles. The second kappa shape index (κ2) is 9.01. The number of nitrogens with one attached hydrogen (secondary N) is 2. The third-order valence-corrected chi connectivity index (χ3v) is 5.13. The molecule has 0 bridgehead atoms. The smallest absolute Gasteiger partial charge is 0.246 e. The van der Waals surface area contributed by atoms with Crippen LogP contribution in [0.5, 0.6) is 0 Å². The zero-order valence-corrected chi connectivity index (χ0v) is 16.5. The molecule has 1 heterocycles. The first-order valence-electron chi connectivity index (χ1n) is 9.81. The molecule has 2 N–H and O–H groups in total. The van der Waals surface area contributed by atoms with Crippen molar-refractivity contribution in [3.63, 3.8) is 0 Å². The highest BCUT2D eigenvalue weighted by Gasteiger charge is 2.30. The molecule has 1 saturated heterocycles. The monoisotopic (exact) mass is 384 g/mol. The van der Waals surface area contributed by atoms with Crippen LogP contribution in [0.4, 0.5) is 5.69 Å². The summed E-state index contributed by atoms with van der Waals surface area (Å²) < 4.78 is 0. The molecule has 0 radical (unpaired) electrons. The van der Waals surface area contributed by atoms with Crippen LogP contribution in [0.15, 0.2) is 30.3 Å². The van der Waals surface area contributed by atoms with Crippen LogP contribution in [0, 0.1) is 0 Å². The molecule has 1 aliphatic carbocycles. The number of amides is 3. The maximum atomic E-state index is 12.4. The molecule has 2 fully saturated rings. The van der Waals surface area contributed by atoms with Gasteiger partial charge in [-0.15, -0.1) is 0 Å². The number of nitrogens with zero attached hydrogens (tertiary/aromatic N) is 2. The molecule has 150 valence electrons. The fourth-order valence-electron chi connectivity index (χ4n) is 3.20. The van der Waals surface area contributed by atoms with Crippen molar-refractivity contribution < 1.29 is 14.4 Å². The summed E-state index contributed by atoms with van der Waals surface area (Å²) in [6.07, 6.45) is 5.52. The Morgan fingerprint density at radius 2 is 1.71 bits per heavy atom. The average molecular weight is 384 g/mol. The summed E-state index contributed by atoms with van der Waals surface area (Å²) >= 11 is 0. The molecule has 1 atom stereocenters. The second-order valence-corrected chi connectivity index (χ2v) is 7.46. The molecule has 0 aromatic heterocycles. The molecular weight excluding hydrogens is 356 g/mol. The average Bonchev–Trinajstić information content (AvgIpc) is 3.50. The summed E-state index contributed by atoms with van der Waals surface area (Å²) in [6, 6.07) is 7.53. The Labute approximate surface area is 165 Å². The summed E-state index contributed by atoms with van der Waals surface area (Å²) in [5.74, 6) is -0.0532. The van der Waals surface area contributed by atoms with Crippen LogP contribution >= 0.6 is 0 Å². The van der Waals surface area contributed by atoms with Crippen LogP contribution in [-0.4, -0.2) is 65.8 Å². The van der Waals surface area contributed by atoms with Crippen molar-refractivity contribution in [1.29, 1.82) is 0 Å². The van der Waals surface area contributed by atoms with Crippen LogP contribution in [0.1, 0.15) is 32.3 Å². The van der Waals surface area contributed by atoms with Crippen LogP contribution in [0.25, 0.3) is 6.08 Å². The van der Waals surface area contributed by atoms with Gasteiger partial charge >= 0.3 is 0 Å². The molecule has 3 amide bonds. The summed E-state index contributed by atoms with van der Waals surface area (Å²) in [6.45, 7) is 6.03. The number of benzene rings is 1. The first-order chi connectivity index (χ1) is 13.4. The lowest BCUT2D eigenvalue weighted by Crippen LogP contribution is -2.55. The van der Waals surface area contributed by atoms with Crippen molar-refractivity contribution >= 4 is 29.5 Å². The molecule has 1 aliphatic heterocycles. The van der Waals surface area contributed by atoms with Crippen LogP contribution < -0.4 is 10.6 Å². The SMILES string of the molecule is CC(=O)Nc1ccc(/C=C/C(=O)N2CCN(C(C)C(=O)NC3CC3)CC2)cc1. The largest absolute Gasteiger partial charge is 0.352 e. The fourth-order valence-corrected chi connectivity index (χ4v) is 3.20. The lowest BCUT2D eigenvalue weighted by molar-refractivity contribution is -0.130. The van der Waals surface area contributed by atoms with E-state index in [9.17, 15) is 14.4 Å². The summed E-state index contributed by atoms with van der Waals surface area (Å²) in [4.78, 5) is 39.6. The van der Waals surface area contributed by atoms with E-state index < -0.39 is 0 Å². The van der Waals surface area contributed by atoms with Gasteiger partial charge in [0.25, 0.3) is 0 Å². The van der Waals surface area contributed by atoms with E-state index in [0.717, 1.165) is 24.1 Å². The number of carbonyl (C=O) groups excluding carboxylic acids is 3. The van der Waals surface area contributed by atoms with E-state index in [-0.39, 0.29) is 23.8 Å². The van der Waals surface area contributed by atoms with Gasteiger partial charge in [-0.2, -0.15) is 0 Å². The number of carbonyl (C=O) groups is 3. The highest BCUT2D eigenvalue weighted by molar-refractivity contribution is 5.92. The van der Waals surface area contributed by atoms with Gasteiger partial charge in [-0.1, -0.05) is 12.1 Å². The second-order valence-electron chi connectivity index (χ2n) is 7.46. The van der Waals surface area contributed by atoms with E-state index >= 15 is 0 Å². The molecular formula is C21H28N4O3. The van der Waals surface area contributed by atoms with Gasteiger partial charge in [0.1, 0.15) is 0 Å². The summed E-state index contributed by atoms with van der Waals surface area (Å²) in [7, 11) is 0. The van der Waals surface area contributed by atoms with Gasteiger partial charge < -0.3 is 15.5 Å². The summed E-state index contributed by atoms with van der Waals surface area (Å²) in [5.41, 5.74) is 1.62.